The standard InChI is InChI=1S/C20H22/c1-12-13(2)15(4)20(14(12)3)19-11-10-17-8-6-7-9-18(17)16(19)5/h6-11,14H,1-5H3. The van der Waals surface area contributed by atoms with E-state index in [0.717, 1.165) is 0 Å². The van der Waals surface area contributed by atoms with Gasteiger partial charge in [-0.3, -0.25) is 0 Å². The highest BCUT2D eigenvalue weighted by molar-refractivity contribution is 5.92. The zero-order valence-corrected chi connectivity index (χ0v) is 13.0. The van der Waals surface area contributed by atoms with E-state index >= 15 is 0 Å². The minimum absolute atomic E-state index is 0.537. The van der Waals surface area contributed by atoms with Gasteiger partial charge in [-0.05, 0) is 66.3 Å². The molecule has 0 heterocycles. The lowest BCUT2D eigenvalue weighted by molar-refractivity contribution is 0.894. The molecule has 0 spiro atoms. The maximum atomic E-state index is 2.33. The number of allylic oxidation sites excluding steroid dienone is 4. The first kappa shape index (κ1) is 13.2. The van der Waals surface area contributed by atoms with Gasteiger partial charge in [0.15, 0.2) is 0 Å². The second kappa shape index (κ2) is 4.63. The fraction of sp³-hybridized carbons (Fsp3) is 0.300. The van der Waals surface area contributed by atoms with E-state index in [9.17, 15) is 0 Å². The molecule has 0 saturated heterocycles. The second-order valence-corrected chi connectivity index (χ2v) is 6.03. The largest absolute Gasteiger partial charge is 0.0629 e. The average Bonchev–Trinajstić information content (AvgIpc) is 2.65. The van der Waals surface area contributed by atoms with Crippen LogP contribution >= 0.6 is 0 Å². The summed E-state index contributed by atoms with van der Waals surface area (Å²) in [5, 5.41) is 2.71. The second-order valence-electron chi connectivity index (χ2n) is 6.03. The summed E-state index contributed by atoms with van der Waals surface area (Å²) in [4.78, 5) is 0. The lowest BCUT2D eigenvalue weighted by Crippen LogP contribution is -1.99. The first-order valence-electron chi connectivity index (χ1n) is 7.39. The van der Waals surface area contributed by atoms with Crippen molar-refractivity contribution in [3.8, 4) is 0 Å². The van der Waals surface area contributed by atoms with Crippen molar-refractivity contribution in [3.63, 3.8) is 0 Å². The Balaban J connectivity index is 2.25. The van der Waals surface area contributed by atoms with Gasteiger partial charge in [0.2, 0.25) is 0 Å². The Morgan fingerprint density at radius 2 is 1.50 bits per heavy atom. The van der Waals surface area contributed by atoms with Gasteiger partial charge in [0.1, 0.15) is 0 Å². The zero-order valence-electron chi connectivity index (χ0n) is 13.0. The molecule has 3 rings (SSSR count). The molecule has 0 nitrogen and oxygen atoms in total. The summed E-state index contributed by atoms with van der Waals surface area (Å²) < 4.78 is 0. The zero-order chi connectivity index (χ0) is 14.4. The van der Waals surface area contributed by atoms with Gasteiger partial charge in [0.25, 0.3) is 0 Å². The molecular formula is C20H22. The minimum atomic E-state index is 0.537. The molecular weight excluding hydrogens is 240 g/mol. The van der Waals surface area contributed by atoms with Crippen LogP contribution < -0.4 is 0 Å². The van der Waals surface area contributed by atoms with Crippen molar-refractivity contribution in [2.24, 2.45) is 5.92 Å². The normalized spacial score (nSPS) is 19.4. The maximum Gasteiger partial charge on any atom is 0.00316 e. The predicted octanol–water partition coefficient (Wildman–Crippen LogP) is 5.91. The molecule has 20 heavy (non-hydrogen) atoms. The van der Waals surface area contributed by atoms with Crippen LogP contribution in [-0.4, -0.2) is 0 Å². The van der Waals surface area contributed by atoms with Crippen molar-refractivity contribution >= 4 is 16.3 Å². The van der Waals surface area contributed by atoms with Crippen LogP contribution in [0.1, 0.15) is 38.8 Å². The molecule has 0 N–H and O–H groups in total. The van der Waals surface area contributed by atoms with E-state index in [1.165, 1.54) is 44.2 Å². The summed E-state index contributed by atoms with van der Waals surface area (Å²) in [5.41, 5.74) is 8.80. The topological polar surface area (TPSA) is 0 Å². The van der Waals surface area contributed by atoms with Gasteiger partial charge >= 0.3 is 0 Å². The highest BCUT2D eigenvalue weighted by Crippen LogP contribution is 2.44. The van der Waals surface area contributed by atoms with Gasteiger partial charge in [0, 0.05) is 5.92 Å². The molecule has 0 bridgehead atoms. The molecule has 0 fully saturated rings. The number of fused-ring (bicyclic) bond motifs is 1. The summed E-state index contributed by atoms with van der Waals surface area (Å²) in [6.45, 7) is 11.4. The van der Waals surface area contributed by atoms with E-state index < -0.39 is 0 Å². The van der Waals surface area contributed by atoms with Crippen molar-refractivity contribution in [2.75, 3.05) is 0 Å². The molecule has 1 unspecified atom stereocenters. The van der Waals surface area contributed by atoms with Crippen LogP contribution in [0.5, 0.6) is 0 Å². The minimum Gasteiger partial charge on any atom is -0.0629 e. The van der Waals surface area contributed by atoms with Crippen LogP contribution in [0, 0.1) is 12.8 Å². The lowest BCUT2D eigenvalue weighted by Gasteiger charge is -2.17. The summed E-state index contributed by atoms with van der Waals surface area (Å²) in [6.07, 6.45) is 0. The highest BCUT2D eigenvalue weighted by atomic mass is 14.3. The molecule has 102 valence electrons. The Hall–Kier alpha value is -1.82. The van der Waals surface area contributed by atoms with Gasteiger partial charge in [-0.2, -0.15) is 0 Å². The van der Waals surface area contributed by atoms with Crippen LogP contribution in [-0.2, 0) is 0 Å². The number of rotatable bonds is 1. The number of benzene rings is 2. The first-order chi connectivity index (χ1) is 9.52. The summed E-state index contributed by atoms with van der Waals surface area (Å²) in [7, 11) is 0. The highest BCUT2D eigenvalue weighted by Gasteiger charge is 2.25. The Morgan fingerprint density at radius 3 is 2.15 bits per heavy atom. The molecule has 1 aliphatic rings. The van der Waals surface area contributed by atoms with E-state index in [-0.39, 0.29) is 0 Å². The molecule has 0 amide bonds. The van der Waals surface area contributed by atoms with E-state index in [4.69, 9.17) is 0 Å². The third-order valence-electron chi connectivity index (χ3n) is 5.13. The number of aryl methyl sites for hydroxylation is 1. The van der Waals surface area contributed by atoms with Crippen molar-refractivity contribution in [3.05, 3.63) is 64.2 Å². The molecule has 2 aromatic carbocycles. The van der Waals surface area contributed by atoms with Crippen LogP contribution in [0.25, 0.3) is 16.3 Å². The van der Waals surface area contributed by atoms with Crippen molar-refractivity contribution in [1.29, 1.82) is 0 Å². The summed E-state index contributed by atoms with van der Waals surface area (Å²) >= 11 is 0. The Bertz CT molecular complexity index is 757. The van der Waals surface area contributed by atoms with Crippen molar-refractivity contribution in [1.82, 2.24) is 0 Å². The van der Waals surface area contributed by atoms with E-state index in [1.54, 1.807) is 0 Å². The summed E-state index contributed by atoms with van der Waals surface area (Å²) in [6, 6.07) is 13.2. The van der Waals surface area contributed by atoms with Gasteiger partial charge in [0.05, 0.1) is 0 Å². The van der Waals surface area contributed by atoms with Crippen molar-refractivity contribution in [2.45, 2.75) is 34.6 Å². The first-order valence-corrected chi connectivity index (χ1v) is 7.39. The number of hydrogen-bond acceptors (Lipinski definition) is 0. The van der Waals surface area contributed by atoms with E-state index in [2.05, 4.69) is 71.0 Å². The van der Waals surface area contributed by atoms with E-state index in [0.29, 0.717) is 5.92 Å². The molecule has 0 aliphatic heterocycles. The van der Waals surface area contributed by atoms with Crippen LogP contribution in [0.4, 0.5) is 0 Å². The molecule has 0 heteroatoms. The third kappa shape index (κ3) is 1.75. The summed E-state index contributed by atoms with van der Waals surface area (Å²) in [5.74, 6) is 0.537. The Labute approximate surface area is 121 Å². The predicted molar refractivity (Wildman–Crippen MR) is 88.8 cm³/mol. The quantitative estimate of drug-likeness (QED) is 0.599. The fourth-order valence-electron chi connectivity index (χ4n) is 3.52. The van der Waals surface area contributed by atoms with Crippen LogP contribution in [0.15, 0.2) is 53.1 Å². The molecule has 0 aromatic heterocycles. The average molecular weight is 262 g/mol. The van der Waals surface area contributed by atoms with Gasteiger partial charge in [-0.15, -0.1) is 0 Å². The number of hydrogen-bond donors (Lipinski definition) is 0. The SMILES string of the molecule is CC1=C(C)C(C)C(c2ccc3ccccc3c2C)=C1C. The van der Waals surface area contributed by atoms with Gasteiger partial charge < -0.3 is 0 Å². The van der Waals surface area contributed by atoms with Crippen molar-refractivity contribution < 1.29 is 0 Å². The fourth-order valence-corrected chi connectivity index (χ4v) is 3.52. The molecule has 0 saturated carbocycles. The van der Waals surface area contributed by atoms with E-state index in [1.807, 2.05) is 0 Å². The lowest BCUT2D eigenvalue weighted by atomic mass is 9.87. The van der Waals surface area contributed by atoms with Crippen LogP contribution in [0.3, 0.4) is 0 Å². The molecule has 1 aliphatic carbocycles. The Morgan fingerprint density at radius 1 is 0.800 bits per heavy atom. The third-order valence-corrected chi connectivity index (χ3v) is 5.13. The van der Waals surface area contributed by atoms with Gasteiger partial charge in [-0.25, -0.2) is 0 Å². The van der Waals surface area contributed by atoms with Crippen LogP contribution in [0.2, 0.25) is 0 Å². The Kier molecular flexibility index (Phi) is 3.05. The molecule has 0 radical (unpaired) electrons. The maximum absolute atomic E-state index is 2.33. The van der Waals surface area contributed by atoms with Gasteiger partial charge in [-0.1, -0.05) is 48.9 Å². The molecule has 1 atom stereocenters. The molecule has 2 aromatic rings. The smallest absolute Gasteiger partial charge is 0.00316 e. The monoisotopic (exact) mass is 262 g/mol.